The van der Waals surface area contributed by atoms with E-state index in [9.17, 15) is 39.2 Å². The number of sulfone groups is 1. The first-order valence-electron chi connectivity index (χ1n) is 7.90. The van der Waals surface area contributed by atoms with Gasteiger partial charge in [-0.1, -0.05) is 46.3 Å². The zero-order chi connectivity index (χ0) is 22.5. The average molecular weight is 507 g/mol. The van der Waals surface area contributed by atoms with Crippen molar-refractivity contribution in [3.63, 3.8) is 0 Å². The van der Waals surface area contributed by atoms with E-state index in [4.69, 9.17) is 0 Å². The smallest absolute Gasteiger partial charge is 0.223 e. The van der Waals surface area contributed by atoms with Crippen LogP contribution in [0.15, 0.2) is 57.9 Å². The van der Waals surface area contributed by atoms with Gasteiger partial charge in [-0.15, -0.1) is 0 Å². The molecule has 0 N–H and O–H groups in total. The van der Waals surface area contributed by atoms with Crippen LogP contribution in [-0.4, -0.2) is 20.8 Å². The fourth-order valence-corrected chi connectivity index (χ4v) is 4.80. The van der Waals surface area contributed by atoms with Gasteiger partial charge in [0.25, 0.3) is 0 Å². The summed E-state index contributed by atoms with van der Waals surface area (Å²) < 4.78 is 116. The van der Waals surface area contributed by atoms with Crippen LogP contribution in [0.2, 0.25) is 0 Å². The van der Waals surface area contributed by atoms with E-state index in [2.05, 4.69) is 15.9 Å². The van der Waals surface area contributed by atoms with Crippen molar-refractivity contribution in [1.29, 1.82) is 0 Å². The van der Waals surface area contributed by atoms with Crippen LogP contribution in [0.25, 0.3) is 0 Å². The summed E-state index contributed by atoms with van der Waals surface area (Å²) in [5, 5.41) is 0. The van der Waals surface area contributed by atoms with Gasteiger partial charge in [-0.2, -0.15) is 26.3 Å². The zero-order valence-electron chi connectivity index (χ0n) is 14.9. The summed E-state index contributed by atoms with van der Waals surface area (Å²) in [6.45, 7) is 2.49. The molecule has 0 aliphatic rings. The summed E-state index contributed by atoms with van der Waals surface area (Å²) in [6.07, 6.45) is -12.5. The number of alkyl halides is 7. The SMILES string of the molecule is CC(C)(c1ccc(C(F)(C(F)(F)F)C(F)(F)F)cc1)S(=O)(=O)c1cccc(Br)c1. The van der Waals surface area contributed by atoms with Gasteiger partial charge in [-0.05, 0) is 37.6 Å². The van der Waals surface area contributed by atoms with Gasteiger partial charge in [0.05, 0.1) is 9.64 Å². The fourth-order valence-electron chi connectivity index (χ4n) is 2.67. The lowest BCUT2D eigenvalue weighted by Crippen LogP contribution is -2.50. The summed E-state index contributed by atoms with van der Waals surface area (Å²) >= 11 is 3.13. The summed E-state index contributed by atoms with van der Waals surface area (Å²) in [6, 6.07) is 7.74. The lowest BCUT2D eigenvalue weighted by Gasteiger charge is -2.31. The third-order valence-electron chi connectivity index (χ3n) is 4.54. The normalized spacial score (nSPS) is 14.1. The van der Waals surface area contributed by atoms with E-state index in [-0.39, 0.29) is 10.5 Å². The molecule has 0 radical (unpaired) electrons. The maximum atomic E-state index is 14.1. The van der Waals surface area contributed by atoms with Gasteiger partial charge in [0.15, 0.2) is 9.84 Å². The van der Waals surface area contributed by atoms with E-state index in [1.807, 2.05) is 0 Å². The molecule has 2 aromatic carbocycles. The summed E-state index contributed by atoms with van der Waals surface area (Å²) in [5.41, 5.74) is -7.36. The first-order chi connectivity index (χ1) is 13.0. The minimum absolute atomic E-state index is 0.104. The minimum Gasteiger partial charge on any atom is -0.223 e. The molecular formula is C18H14BrF7O2S. The van der Waals surface area contributed by atoms with Gasteiger partial charge >= 0.3 is 18.0 Å². The topological polar surface area (TPSA) is 34.1 Å². The highest BCUT2D eigenvalue weighted by Crippen LogP contribution is 2.53. The van der Waals surface area contributed by atoms with Crippen molar-refractivity contribution in [3.05, 3.63) is 64.1 Å². The molecule has 2 aromatic rings. The van der Waals surface area contributed by atoms with Crippen molar-refractivity contribution in [2.75, 3.05) is 0 Å². The quantitative estimate of drug-likeness (QED) is 0.446. The molecule has 2 rings (SSSR count). The van der Waals surface area contributed by atoms with Gasteiger partial charge in [-0.25, -0.2) is 12.8 Å². The zero-order valence-corrected chi connectivity index (χ0v) is 17.3. The monoisotopic (exact) mass is 506 g/mol. The standard InChI is InChI=1S/C18H14BrF7O2S/c1-15(2,29(27,28)14-5-3-4-13(19)10-14)11-6-8-12(9-7-11)16(20,17(21,22)23)18(24,25)26/h3-10H,1-2H3. The summed E-state index contributed by atoms with van der Waals surface area (Å²) in [4.78, 5) is -0.105. The summed E-state index contributed by atoms with van der Waals surface area (Å²) in [5.74, 6) is 0. The second-order valence-electron chi connectivity index (χ2n) is 6.70. The Labute approximate surface area is 170 Å². The molecule has 0 spiro atoms. The van der Waals surface area contributed by atoms with E-state index in [0.29, 0.717) is 16.6 Å². The first-order valence-corrected chi connectivity index (χ1v) is 10.2. The molecule has 0 amide bonds. The molecular weight excluding hydrogens is 493 g/mol. The van der Waals surface area contributed by atoms with E-state index < -0.39 is 38.2 Å². The molecule has 2 nitrogen and oxygen atoms in total. The second kappa shape index (κ2) is 7.26. The Morgan fingerprint density at radius 2 is 1.21 bits per heavy atom. The summed E-state index contributed by atoms with van der Waals surface area (Å²) in [7, 11) is -4.09. The highest BCUT2D eigenvalue weighted by Gasteiger charge is 2.73. The fraction of sp³-hybridized carbons (Fsp3) is 0.333. The highest BCUT2D eigenvalue weighted by atomic mass is 79.9. The van der Waals surface area contributed by atoms with Crippen molar-refractivity contribution in [1.82, 2.24) is 0 Å². The molecule has 0 aromatic heterocycles. The average Bonchev–Trinajstić information content (AvgIpc) is 2.59. The van der Waals surface area contributed by atoms with Crippen molar-refractivity contribution in [2.45, 2.75) is 41.5 Å². The van der Waals surface area contributed by atoms with Crippen LogP contribution in [0.1, 0.15) is 25.0 Å². The molecule has 29 heavy (non-hydrogen) atoms. The Hall–Kier alpha value is -1.62. The lowest BCUT2D eigenvalue weighted by atomic mass is 9.91. The number of halogens is 8. The van der Waals surface area contributed by atoms with Crippen molar-refractivity contribution in [3.8, 4) is 0 Å². The van der Waals surface area contributed by atoms with Gasteiger partial charge in [0.2, 0.25) is 0 Å². The molecule has 160 valence electrons. The van der Waals surface area contributed by atoms with Crippen LogP contribution >= 0.6 is 15.9 Å². The molecule has 0 bridgehead atoms. The molecule has 0 saturated heterocycles. The number of benzene rings is 2. The lowest BCUT2D eigenvalue weighted by molar-refractivity contribution is -0.348. The Balaban J connectivity index is 2.56. The maximum Gasteiger partial charge on any atom is 0.435 e. The maximum absolute atomic E-state index is 14.1. The van der Waals surface area contributed by atoms with Crippen LogP contribution in [0.4, 0.5) is 30.7 Å². The van der Waals surface area contributed by atoms with E-state index in [0.717, 1.165) is 12.1 Å². The third-order valence-corrected chi connectivity index (χ3v) is 7.48. The predicted molar refractivity (Wildman–Crippen MR) is 95.7 cm³/mol. The van der Waals surface area contributed by atoms with Gasteiger partial charge < -0.3 is 0 Å². The second-order valence-corrected chi connectivity index (χ2v) is 10.1. The molecule has 11 heteroatoms. The first kappa shape index (κ1) is 23.7. The van der Waals surface area contributed by atoms with Crippen LogP contribution < -0.4 is 0 Å². The Kier molecular flexibility index (Phi) is 5.92. The molecule has 0 fully saturated rings. The van der Waals surface area contributed by atoms with E-state index in [1.165, 1.54) is 32.0 Å². The van der Waals surface area contributed by atoms with E-state index >= 15 is 0 Å². The third kappa shape index (κ3) is 3.90. The van der Waals surface area contributed by atoms with Gasteiger partial charge in [-0.3, -0.25) is 0 Å². The Morgan fingerprint density at radius 1 is 0.759 bits per heavy atom. The van der Waals surface area contributed by atoms with Crippen LogP contribution in [0.3, 0.4) is 0 Å². The number of hydrogen-bond donors (Lipinski definition) is 0. The minimum atomic E-state index is -6.25. The van der Waals surface area contributed by atoms with Crippen molar-refractivity contribution in [2.24, 2.45) is 0 Å². The largest absolute Gasteiger partial charge is 0.435 e. The van der Waals surface area contributed by atoms with Crippen LogP contribution in [0.5, 0.6) is 0 Å². The van der Waals surface area contributed by atoms with Crippen molar-refractivity contribution >= 4 is 25.8 Å². The highest BCUT2D eigenvalue weighted by molar-refractivity contribution is 9.10. The van der Waals surface area contributed by atoms with Gasteiger partial charge in [0, 0.05) is 10.0 Å². The van der Waals surface area contributed by atoms with Gasteiger partial charge in [0.1, 0.15) is 0 Å². The number of hydrogen-bond acceptors (Lipinski definition) is 2. The molecule has 0 aliphatic heterocycles. The van der Waals surface area contributed by atoms with Crippen LogP contribution in [0, 0.1) is 0 Å². The van der Waals surface area contributed by atoms with Crippen molar-refractivity contribution < 1.29 is 39.2 Å². The predicted octanol–water partition coefficient (Wildman–Crippen LogP) is 6.45. The molecule has 0 atom stereocenters. The molecule has 0 saturated carbocycles. The Bertz CT molecular complexity index is 980. The molecule has 0 heterocycles. The number of rotatable bonds is 4. The van der Waals surface area contributed by atoms with E-state index in [1.54, 1.807) is 6.07 Å². The Morgan fingerprint density at radius 3 is 1.62 bits per heavy atom. The van der Waals surface area contributed by atoms with Crippen LogP contribution in [-0.2, 0) is 20.3 Å². The molecule has 0 aliphatic carbocycles. The molecule has 0 unspecified atom stereocenters.